The minimum atomic E-state index is -3.91. The Morgan fingerprint density at radius 2 is 1.79 bits per heavy atom. The lowest BCUT2D eigenvalue weighted by Crippen LogP contribution is -2.42. The standard InChI is InChI=1S/C18H20ClN3O5S/c1-11-6-8-14(9-7-11)28(25,26)22-12(2)18(24)27-13(3)17(23)21-15-5-4-10-20-16(15)19/h4-10,12-13,22H,1-3H3,(H,21,23)/t12-,13?/m0/s1. The van der Waals surface area contributed by atoms with Crippen LogP contribution in [0.5, 0.6) is 0 Å². The van der Waals surface area contributed by atoms with Crippen molar-refractivity contribution in [3.63, 3.8) is 0 Å². The molecule has 1 heterocycles. The van der Waals surface area contributed by atoms with Gasteiger partial charge in [0.2, 0.25) is 10.0 Å². The minimum absolute atomic E-state index is 0.0229. The third-order valence-electron chi connectivity index (χ3n) is 3.70. The fourth-order valence-electron chi connectivity index (χ4n) is 2.11. The Bertz CT molecular complexity index is 963. The van der Waals surface area contributed by atoms with E-state index in [2.05, 4.69) is 15.0 Å². The number of nitrogens with zero attached hydrogens (tertiary/aromatic N) is 1. The van der Waals surface area contributed by atoms with Gasteiger partial charge in [0.15, 0.2) is 11.3 Å². The number of amides is 1. The summed E-state index contributed by atoms with van der Waals surface area (Å²) in [4.78, 5) is 28.2. The predicted molar refractivity (Wildman–Crippen MR) is 104 cm³/mol. The molecular formula is C18H20ClN3O5S. The average Bonchev–Trinajstić information content (AvgIpc) is 2.63. The lowest BCUT2D eigenvalue weighted by Gasteiger charge is -2.18. The van der Waals surface area contributed by atoms with Gasteiger partial charge in [0.25, 0.3) is 5.91 Å². The fourth-order valence-corrected chi connectivity index (χ4v) is 3.47. The number of nitrogens with one attached hydrogen (secondary N) is 2. The molecule has 1 aromatic heterocycles. The second kappa shape index (κ2) is 9.13. The maximum atomic E-state index is 12.3. The molecule has 150 valence electrons. The van der Waals surface area contributed by atoms with Gasteiger partial charge in [0, 0.05) is 6.20 Å². The normalized spacial score (nSPS) is 13.4. The number of benzene rings is 1. The van der Waals surface area contributed by atoms with Crippen molar-refractivity contribution in [3.8, 4) is 0 Å². The van der Waals surface area contributed by atoms with Crippen LogP contribution in [0.4, 0.5) is 5.69 Å². The Hall–Kier alpha value is -2.49. The summed E-state index contributed by atoms with van der Waals surface area (Å²) in [6, 6.07) is 8.09. The van der Waals surface area contributed by atoms with Crippen molar-refractivity contribution < 1.29 is 22.7 Å². The summed E-state index contributed by atoms with van der Waals surface area (Å²) in [6.07, 6.45) is 0.290. The lowest BCUT2D eigenvalue weighted by molar-refractivity contribution is -0.154. The van der Waals surface area contributed by atoms with Crippen molar-refractivity contribution in [2.24, 2.45) is 0 Å². The van der Waals surface area contributed by atoms with Crippen molar-refractivity contribution >= 4 is 39.2 Å². The molecule has 2 N–H and O–H groups in total. The van der Waals surface area contributed by atoms with E-state index in [9.17, 15) is 18.0 Å². The molecule has 0 saturated heterocycles. The summed E-state index contributed by atoms with van der Waals surface area (Å²) < 4.78 is 31.9. The summed E-state index contributed by atoms with van der Waals surface area (Å²) in [5.41, 5.74) is 1.17. The number of aryl methyl sites for hydroxylation is 1. The second-order valence-corrected chi connectivity index (χ2v) is 8.14. The fraction of sp³-hybridized carbons (Fsp3) is 0.278. The zero-order valence-electron chi connectivity index (χ0n) is 15.5. The number of aromatic nitrogens is 1. The number of sulfonamides is 1. The van der Waals surface area contributed by atoms with Crippen molar-refractivity contribution in [1.29, 1.82) is 0 Å². The predicted octanol–water partition coefficient (Wildman–Crippen LogP) is 2.28. The average molecular weight is 426 g/mol. The minimum Gasteiger partial charge on any atom is -0.451 e. The maximum absolute atomic E-state index is 12.3. The molecule has 2 aromatic rings. The first-order chi connectivity index (χ1) is 13.1. The Balaban J connectivity index is 1.96. The van der Waals surface area contributed by atoms with Gasteiger partial charge >= 0.3 is 5.97 Å². The van der Waals surface area contributed by atoms with E-state index in [0.29, 0.717) is 0 Å². The van der Waals surface area contributed by atoms with Gasteiger partial charge in [-0.1, -0.05) is 29.3 Å². The number of carbonyl (C=O) groups excluding carboxylic acids is 2. The van der Waals surface area contributed by atoms with Crippen LogP contribution in [0.1, 0.15) is 19.4 Å². The van der Waals surface area contributed by atoms with Gasteiger partial charge in [-0.15, -0.1) is 0 Å². The molecule has 0 aliphatic carbocycles. The van der Waals surface area contributed by atoms with Crippen LogP contribution in [0.25, 0.3) is 0 Å². The van der Waals surface area contributed by atoms with Gasteiger partial charge in [-0.2, -0.15) is 4.72 Å². The number of esters is 1. The van der Waals surface area contributed by atoms with Crippen LogP contribution in [0.15, 0.2) is 47.5 Å². The largest absolute Gasteiger partial charge is 0.451 e. The number of anilines is 1. The van der Waals surface area contributed by atoms with E-state index in [-0.39, 0.29) is 15.7 Å². The number of carbonyl (C=O) groups is 2. The third-order valence-corrected chi connectivity index (χ3v) is 5.55. The summed E-state index contributed by atoms with van der Waals surface area (Å²) in [5, 5.41) is 2.58. The zero-order chi connectivity index (χ0) is 20.9. The van der Waals surface area contributed by atoms with E-state index in [1.54, 1.807) is 24.3 Å². The zero-order valence-corrected chi connectivity index (χ0v) is 17.0. The van der Waals surface area contributed by atoms with Gasteiger partial charge in [-0.05, 0) is 45.0 Å². The Morgan fingerprint density at radius 1 is 1.14 bits per heavy atom. The van der Waals surface area contributed by atoms with Crippen molar-refractivity contribution in [3.05, 3.63) is 53.3 Å². The molecule has 0 aliphatic rings. The van der Waals surface area contributed by atoms with Crippen LogP contribution in [-0.2, 0) is 24.3 Å². The monoisotopic (exact) mass is 425 g/mol. The van der Waals surface area contributed by atoms with E-state index < -0.39 is 34.0 Å². The van der Waals surface area contributed by atoms with Gasteiger partial charge in [0.05, 0.1) is 10.6 Å². The molecule has 0 fully saturated rings. The first-order valence-electron chi connectivity index (χ1n) is 8.31. The number of hydrogen-bond donors (Lipinski definition) is 2. The van der Waals surface area contributed by atoms with Crippen molar-refractivity contribution in [2.75, 3.05) is 5.32 Å². The van der Waals surface area contributed by atoms with Crippen LogP contribution in [0.3, 0.4) is 0 Å². The molecule has 28 heavy (non-hydrogen) atoms. The summed E-state index contributed by atoms with van der Waals surface area (Å²) in [6.45, 7) is 4.52. The highest BCUT2D eigenvalue weighted by molar-refractivity contribution is 7.89. The molecule has 2 atom stereocenters. The van der Waals surface area contributed by atoms with Gasteiger partial charge in [-0.3, -0.25) is 9.59 Å². The van der Waals surface area contributed by atoms with Gasteiger partial charge in [-0.25, -0.2) is 13.4 Å². The van der Waals surface area contributed by atoms with Crippen LogP contribution >= 0.6 is 11.6 Å². The first kappa shape index (κ1) is 21.8. The number of halogens is 1. The topological polar surface area (TPSA) is 114 Å². The molecule has 0 radical (unpaired) electrons. The van der Waals surface area contributed by atoms with Gasteiger partial charge in [0.1, 0.15) is 6.04 Å². The van der Waals surface area contributed by atoms with E-state index in [4.69, 9.17) is 16.3 Å². The number of rotatable bonds is 7. The summed E-state index contributed by atoms with van der Waals surface area (Å²) in [5.74, 6) is -1.52. The number of hydrogen-bond acceptors (Lipinski definition) is 6. The highest BCUT2D eigenvalue weighted by Crippen LogP contribution is 2.18. The lowest BCUT2D eigenvalue weighted by atomic mass is 10.2. The van der Waals surface area contributed by atoms with E-state index in [1.807, 2.05) is 6.92 Å². The molecule has 2 rings (SSSR count). The van der Waals surface area contributed by atoms with E-state index in [0.717, 1.165) is 5.56 Å². The quantitative estimate of drug-likeness (QED) is 0.519. The van der Waals surface area contributed by atoms with Crippen molar-refractivity contribution in [2.45, 2.75) is 37.8 Å². The molecule has 0 aliphatic heterocycles. The number of pyridine rings is 1. The Labute approximate surface area is 168 Å². The molecule has 1 amide bonds. The molecule has 0 spiro atoms. The van der Waals surface area contributed by atoms with Crippen molar-refractivity contribution in [1.82, 2.24) is 9.71 Å². The van der Waals surface area contributed by atoms with Gasteiger partial charge < -0.3 is 10.1 Å². The SMILES string of the molecule is Cc1ccc(S(=O)(=O)N[C@@H](C)C(=O)OC(C)C(=O)Nc2cccnc2Cl)cc1. The summed E-state index contributed by atoms with van der Waals surface area (Å²) >= 11 is 5.86. The van der Waals surface area contributed by atoms with E-state index >= 15 is 0 Å². The number of ether oxygens (including phenoxy) is 1. The highest BCUT2D eigenvalue weighted by atomic mass is 35.5. The van der Waals surface area contributed by atoms with E-state index in [1.165, 1.54) is 32.2 Å². The third kappa shape index (κ3) is 5.75. The molecule has 10 heteroatoms. The molecule has 8 nitrogen and oxygen atoms in total. The van der Waals surface area contributed by atoms with Crippen LogP contribution in [0.2, 0.25) is 5.15 Å². The summed E-state index contributed by atoms with van der Waals surface area (Å²) in [7, 11) is -3.91. The second-order valence-electron chi connectivity index (χ2n) is 6.07. The molecule has 1 aromatic carbocycles. The van der Waals surface area contributed by atoms with Crippen LogP contribution in [0, 0.1) is 6.92 Å². The molecular weight excluding hydrogens is 406 g/mol. The Kier molecular flexibility index (Phi) is 7.11. The molecule has 0 saturated carbocycles. The Morgan fingerprint density at radius 3 is 2.39 bits per heavy atom. The highest BCUT2D eigenvalue weighted by Gasteiger charge is 2.26. The maximum Gasteiger partial charge on any atom is 0.324 e. The molecule has 0 bridgehead atoms. The smallest absolute Gasteiger partial charge is 0.324 e. The van der Waals surface area contributed by atoms with Crippen LogP contribution in [-0.4, -0.2) is 37.4 Å². The van der Waals surface area contributed by atoms with Crippen LogP contribution < -0.4 is 10.0 Å². The first-order valence-corrected chi connectivity index (χ1v) is 10.2. The molecule has 1 unspecified atom stereocenters.